The summed E-state index contributed by atoms with van der Waals surface area (Å²) in [5.41, 5.74) is 1.77. The van der Waals surface area contributed by atoms with Crippen LogP contribution in [0.4, 0.5) is 11.6 Å². The van der Waals surface area contributed by atoms with E-state index in [4.69, 9.17) is 11.6 Å². The van der Waals surface area contributed by atoms with Gasteiger partial charge in [0, 0.05) is 30.3 Å². The molecule has 0 radical (unpaired) electrons. The van der Waals surface area contributed by atoms with E-state index >= 15 is 0 Å². The Morgan fingerprint density at radius 1 is 1.11 bits per heavy atom. The summed E-state index contributed by atoms with van der Waals surface area (Å²) in [6.45, 7) is 3.50. The summed E-state index contributed by atoms with van der Waals surface area (Å²) in [7, 11) is -2.22. The van der Waals surface area contributed by atoms with Gasteiger partial charge < -0.3 is 5.32 Å². The molecule has 9 nitrogen and oxygen atoms in total. The standard InChI is InChI=1S/C17H17ClN6O3S/c1-10-8-11(2)20-17(19-10)23-28(26,27)13-6-4-12(5-7-13)21-16(25)15-14(18)9-24(3)22-15/h4-9H,1-3H3,(H,21,25)(H,19,20,23). The average molecular weight is 421 g/mol. The summed E-state index contributed by atoms with van der Waals surface area (Å²) in [5, 5.41) is 6.81. The first kappa shape index (κ1) is 19.8. The van der Waals surface area contributed by atoms with E-state index in [1.807, 2.05) is 0 Å². The van der Waals surface area contributed by atoms with Crippen molar-refractivity contribution in [3.8, 4) is 0 Å². The van der Waals surface area contributed by atoms with E-state index in [-0.39, 0.29) is 21.6 Å². The number of anilines is 2. The fraction of sp³-hybridized carbons (Fsp3) is 0.176. The number of carbonyl (C=O) groups is 1. The molecular formula is C17H17ClN6O3S. The van der Waals surface area contributed by atoms with E-state index in [9.17, 15) is 13.2 Å². The van der Waals surface area contributed by atoms with Crippen molar-refractivity contribution in [3.63, 3.8) is 0 Å². The number of halogens is 1. The van der Waals surface area contributed by atoms with Crippen molar-refractivity contribution in [1.29, 1.82) is 0 Å². The second kappa shape index (κ2) is 7.56. The lowest BCUT2D eigenvalue weighted by Gasteiger charge is -2.09. The first-order chi connectivity index (χ1) is 13.1. The molecule has 1 amide bonds. The molecule has 2 N–H and O–H groups in total. The molecule has 2 heterocycles. The van der Waals surface area contributed by atoms with Crippen molar-refractivity contribution in [3.05, 3.63) is 58.6 Å². The molecule has 0 aliphatic carbocycles. The van der Waals surface area contributed by atoms with Gasteiger partial charge in [-0.3, -0.25) is 9.48 Å². The Labute approximate surface area is 166 Å². The minimum absolute atomic E-state index is 0.000303. The molecule has 11 heteroatoms. The third kappa shape index (κ3) is 4.46. The lowest BCUT2D eigenvalue weighted by atomic mass is 10.3. The number of carbonyl (C=O) groups excluding carboxylic acids is 1. The van der Waals surface area contributed by atoms with Crippen LogP contribution in [0.3, 0.4) is 0 Å². The lowest BCUT2D eigenvalue weighted by Crippen LogP contribution is -2.16. The van der Waals surface area contributed by atoms with E-state index in [0.717, 1.165) is 0 Å². The van der Waals surface area contributed by atoms with Gasteiger partial charge in [0.1, 0.15) is 0 Å². The molecule has 146 valence electrons. The Kier molecular flexibility index (Phi) is 5.34. The normalized spacial score (nSPS) is 11.3. The Bertz CT molecular complexity index is 1120. The van der Waals surface area contributed by atoms with Gasteiger partial charge >= 0.3 is 0 Å². The molecule has 28 heavy (non-hydrogen) atoms. The summed E-state index contributed by atoms with van der Waals surface area (Å²) in [6, 6.07) is 7.39. The molecule has 0 saturated heterocycles. The van der Waals surface area contributed by atoms with E-state index in [1.54, 1.807) is 27.0 Å². The number of nitrogens with zero attached hydrogens (tertiary/aromatic N) is 4. The maximum atomic E-state index is 12.5. The van der Waals surface area contributed by atoms with E-state index in [2.05, 4.69) is 25.1 Å². The molecule has 0 aliphatic rings. The van der Waals surface area contributed by atoms with Gasteiger partial charge in [-0.2, -0.15) is 5.10 Å². The van der Waals surface area contributed by atoms with Crippen LogP contribution in [-0.2, 0) is 17.1 Å². The molecule has 3 rings (SSSR count). The fourth-order valence-corrected chi connectivity index (χ4v) is 3.68. The van der Waals surface area contributed by atoms with Gasteiger partial charge in [-0.15, -0.1) is 0 Å². The fourth-order valence-electron chi connectivity index (χ4n) is 2.47. The Balaban J connectivity index is 1.75. The summed E-state index contributed by atoms with van der Waals surface area (Å²) in [6.07, 6.45) is 1.51. The number of aryl methyl sites for hydroxylation is 3. The summed E-state index contributed by atoms with van der Waals surface area (Å²) >= 11 is 5.95. The van der Waals surface area contributed by atoms with Crippen LogP contribution in [0.15, 0.2) is 41.4 Å². The van der Waals surface area contributed by atoms with Gasteiger partial charge in [0.15, 0.2) is 5.69 Å². The Hall–Kier alpha value is -2.98. The molecule has 0 atom stereocenters. The number of nitrogens with one attached hydrogen (secondary N) is 2. The van der Waals surface area contributed by atoms with Crippen molar-refractivity contribution in [2.24, 2.45) is 7.05 Å². The highest BCUT2D eigenvalue weighted by Crippen LogP contribution is 2.19. The second-order valence-electron chi connectivity index (χ2n) is 6.06. The van der Waals surface area contributed by atoms with Crippen LogP contribution in [0.1, 0.15) is 21.9 Å². The van der Waals surface area contributed by atoms with Crippen molar-refractivity contribution in [2.75, 3.05) is 10.0 Å². The molecule has 3 aromatic rings. The zero-order valence-electron chi connectivity index (χ0n) is 15.3. The summed E-state index contributed by atoms with van der Waals surface area (Å²) < 4.78 is 28.8. The van der Waals surface area contributed by atoms with E-state index in [1.165, 1.54) is 35.1 Å². The highest BCUT2D eigenvalue weighted by atomic mass is 35.5. The third-order valence-corrected chi connectivity index (χ3v) is 5.25. The number of amides is 1. The Morgan fingerprint density at radius 3 is 2.25 bits per heavy atom. The maximum absolute atomic E-state index is 12.5. The van der Waals surface area contributed by atoms with Crippen LogP contribution in [0.5, 0.6) is 0 Å². The smallest absolute Gasteiger partial charge is 0.277 e. The largest absolute Gasteiger partial charge is 0.321 e. The zero-order chi connectivity index (χ0) is 20.5. The number of hydrogen-bond acceptors (Lipinski definition) is 6. The first-order valence-corrected chi connectivity index (χ1v) is 9.96. The number of hydrogen-bond donors (Lipinski definition) is 2. The van der Waals surface area contributed by atoms with Crippen LogP contribution < -0.4 is 10.0 Å². The quantitative estimate of drug-likeness (QED) is 0.654. The predicted molar refractivity (Wildman–Crippen MR) is 105 cm³/mol. The highest BCUT2D eigenvalue weighted by molar-refractivity contribution is 7.92. The Morgan fingerprint density at radius 2 is 1.71 bits per heavy atom. The van der Waals surface area contributed by atoms with Gasteiger partial charge in [0.05, 0.1) is 9.92 Å². The first-order valence-electron chi connectivity index (χ1n) is 8.10. The minimum atomic E-state index is -3.87. The van der Waals surface area contributed by atoms with Gasteiger partial charge in [0.25, 0.3) is 15.9 Å². The van der Waals surface area contributed by atoms with Gasteiger partial charge in [0.2, 0.25) is 5.95 Å². The minimum Gasteiger partial charge on any atom is -0.321 e. The molecule has 0 aliphatic heterocycles. The molecule has 0 saturated carbocycles. The van der Waals surface area contributed by atoms with Gasteiger partial charge in [-0.05, 0) is 44.2 Å². The van der Waals surface area contributed by atoms with Crippen LogP contribution in [0.2, 0.25) is 5.02 Å². The number of aromatic nitrogens is 4. The zero-order valence-corrected chi connectivity index (χ0v) is 16.8. The molecule has 0 fully saturated rings. The highest BCUT2D eigenvalue weighted by Gasteiger charge is 2.18. The topological polar surface area (TPSA) is 119 Å². The van der Waals surface area contributed by atoms with E-state index in [0.29, 0.717) is 17.1 Å². The van der Waals surface area contributed by atoms with Crippen LogP contribution in [-0.4, -0.2) is 34.1 Å². The van der Waals surface area contributed by atoms with Crippen molar-refractivity contribution in [2.45, 2.75) is 18.7 Å². The average Bonchev–Trinajstić information content (AvgIpc) is 2.92. The predicted octanol–water partition coefficient (Wildman–Crippen LogP) is 2.53. The molecular weight excluding hydrogens is 404 g/mol. The second-order valence-corrected chi connectivity index (χ2v) is 8.15. The molecule has 0 bridgehead atoms. The van der Waals surface area contributed by atoms with Crippen LogP contribution >= 0.6 is 11.6 Å². The maximum Gasteiger partial charge on any atom is 0.277 e. The number of sulfonamides is 1. The molecule has 0 unspecified atom stereocenters. The van der Waals surface area contributed by atoms with Crippen molar-refractivity contribution >= 4 is 39.2 Å². The number of benzene rings is 1. The molecule has 1 aromatic carbocycles. The lowest BCUT2D eigenvalue weighted by molar-refractivity contribution is 0.102. The van der Waals surface area contributed by atoms with Crippen LogP contribution in [0.25, 0.3) is 0 Å². The van der Waals surface area contributed by atoms with Crippen LogP contribution in [0, 0.1) is 13.8 Å². The molecule has 0 spiro atoms. The van der Waals surface area contributed by atoms with Crippen molar-refractivity contribution in [1.82, 2.24) is 19.7 Å². The summed E-state index contributed by atoms with van der Waals surface area (Å²) in [5.74, 6) is -0.498. The number of rotatable bonds is 5. The van der Waals surface area contributed by atoms with Crippen molar-refractivity contribution < 1.29 is 13.2 Å². The van der Waals surface area contributed by atoms with Gasteiger partial charge in [-0.1, -0.05) is 11.6 Å². The van der Waals surface area contributed by atoms with E-state index < -0.39 is 15.9 Å². The monoisotopic (exact) mass is 420 g/mol. The molecule has 2 aromatic heterocycles. The summed E-state index contributed by atoms with van der Waals surface area (Å²) in [4.78, 5) is 20.4. The SMILES string of the molecule is Cc1cc(C)nc(NS(=O)(=O)c2ccc(NC(=O)c3nn(C)cc3Cl)cc2)n1. The van der Waals surface area contributed by atoms with Gasteiger partial charge in [-0.25, -0.2) is 23.1 Å². The third-order valence-electron chi connectivity index (χ3n) is 3.63.